The van der Waals surface area contributed by atoms with E-state index in [1.54, 1.807) is 17.1 Å². The molecule has 1 saturated heterocycles. The molecule has 0 saturated carbocycles. The van der Waals surface area contributed by atoms with E-state index in [4.69, 9.17) is 0 Å². The number of nitrogens with zero attached hydrogens (tertiary/aromatic N) is 5. The Labute approximate surface area is 157 Å². The Balaban J connectivity index is 0.00000196. The molecule has 0 unspecified atom stereocenters. The van der Waals surface area contributed by atoms with Crippen molar-refractivity contribution in [3.63, 3.8) is 0 Å². The number of aryl methyl sites for hydroxylation is 1. The fourth-order valence-electron chi connectivity index (χ4n) is 3.20. The highest BCUT2D eigenvalue weighted by molar-refractivity contribution is 5.93. The predicted molar refractivity (Wildman–Crippen MR) is 99.5 cm³/mol. The van der Waals surface area contributed by atoms with Crippen LogP contribution in [0.2, 0.25) is 0 Å². The first kappa shape index (κ1) is 18.1. The molecule has 2 aromatic heterocycles. The molecule has 0 aliphatic carbocycles. The monoisotopic (exact) mass is 373 g/mol. The third-order valence-corrected chi connectivity index (χ3v) is 4.49. The number of hydrogen-bond donors (Lipinski definition) is 2. The molecule has 0 radical (unpaired) electrons. The summed E-state index contributed by atoms with van der Waals surface area (Å²) in [6.07, 6.45) is 7.07. The van der Waals surface area contributed by atoms with Gasteiger partial charge in [-0.05, 0) is 29.8 Å². The number of carbonyl (C=O) groups excluding carboxylic acids is 1. The molecule has 2 atom stereocenters. The SMILES string of the molecule is Cl.Cn1cc([C@H]2CNC[C@@H]2C(=O)Nc2ccc(-n3nccn3)cc2)cn1. The van der Waals surface area contributed by atoms with E-state index in [1.807, 2.05) is 43.7 Å². The van der Waals surface area contributed by atoms with E-state index in [-0.39, 0.29) is 30.2 Å². The van der Waals surface area contributed by atoms with Crippen LogP contribution in [0.25, 0.3) is 5.69 Å². The fraction of sp³-hybridized carbons (Fsp3) is 0.294. The van der Waals surface area contributed by atoms with Crippen molar-refractivity contribution in [2.45, 2.75) is 5.92 Å². The third kappa shape index (κ3) is 3.61. The number of rotatable bonds is 4. The number of anilines is 1. The summed E-state index contributed by atoms with van der Waals surface area (Å²) in [4.78, 5) is 14.2. The highest BCUT2D eigenvalue weighted by atomic mass is 35.5. The zero-order chi connectivity index (χ0) is 17.2. The normalized spacial score (nSPS) is 19.1. The predicted octanol–water partition coefficient (Wildman–Crippen LogP) is 1.36. The number of benzene rings is 1. The van der Waals surface area contributed by atoms with Crippen LogP contribution >= 0.6 is 12.4 Å². The Bertz CT molecular complexity index is 860. The van der Waals surface area contributed by atoms with Crippen LogP contribution in [0.4, 0.5) is 5.69 Å². The molecule has 3 heterocycles. The van der Waals surface area contributed by atoms with Crippen LogP contribution < -0.4 is 10.6 Å². The number of aromatic nitrogens is 5. The lowest BCUT2D eigenvalue weighted by atomic mass is 9.90. The van der Waals surface area contributed by atoms with Gasteiger partial charge in [0.25, 0.3) is 0 Å². The number of amides is 1. The summed E-state index contributed by atoms with van der Waals surface area (Å²) in [5.41, 5.74) is 2.70. The molecule has 8 nitrogen and oxygen atoms in total. The third-order valence-electron chi connectivity index (χ3n) is 4.49. The van der Waals surface area contributed by atoms with Gasteiger partial charge in [-0.1, -0.05) is 0 Å². The highest BCUT2D eigenvalue weighted by Crippen LogP contribution is 2.29. The zero-order valence-electron chi connectivity index (χ0n) is 14.2. The van der Waals surface area contributed by atoms with Crippen molar-refractivity contribution in [1.29, 1.82) is 0 Å². The minimum Gasteiger partial charge on any atom is -0.326 e. The van der Waals surface area contributed by atoms with Gasteiger partial charge in [-0.15, -0.1) is 12.4 Å². The number of halogens is 1. The smallest absolute Gasteiger partial charge is 0.229 e. The Morgan fingerprint density at radius 2 is 1.88 bits per heavy atom. The van der Waals surface area contributed by atoms with Crippen molar-refractivity contribution in [3.8, 4) is 5.69 Å². The Kier molecular flexibility index (Phi) is 5.34. The van der Waals surface area contributed by atoms with E-state index >= 15 is 0 Å². The summed E-state index contributed by atoms with van der Waals surface area (Å²) in [5, 5.41) is 18.7. The van der Waals surface area contributed by atoms with E-state index in [0.29, 0.717) is 6.54 Å². The molecule has 1 aromatic carbocycles. The molecular formula is C17H20ClN7O. The largest absolute Gasteiger partial charge is 0.326 e. The molecule has 0 spiro atoms. The lowest BCUT2D eigenvalue weighted by Gasteiger charge is -2.17. The van der Waals surface area contributed by atoms with E-state index < -0.39 is 0 Å². The van der Waals surface area contributed by atoms with Crippen molar-refractivity contribution < 1.29 is 4.79 Å². The first-order chi connectivity index (χ1) is 12.2. The van der Waals surface area contributed by atoms with Crippen molar-refractivity contribution in [1.82, 2.24) is 30.1 Å². The van der Waals surface area contributed by atoms with Crippen LogP contribution in [0.1, 0.15) is 11.5 Å². The summed E-state index contributed by atoms with van der Waals surface area (Å²) in [7, 11) is 1.89. The zero-order valence-corrected chi connectivity index (χ0v) is 15.1. The molecule has 3 aromatic rings. The quantitative estimate of drug-likeness (QED) is 0.720. The molecule has 1 amide bonds. The van der Waals surface area contributed by atoms with Gasteiger partial charge in [-0.25, -0.2) is 0 Å². The second kappa shape index (κ2) is 7.67. The molecule has 1 fully saturated rings. The van der Waals surface area contributed by atoms with Gasteiger partial charge < -0.3 is 10.6 Å². The average molecular weight is 374 g/mol. The summed E-state index contributed by atoms with van der Waals surface area (Å²) >= 11 is 0. The summed E-state index contributed by atoms with van der Waals surface area (Å²) < 4.78 is 1.77. The highest BCUT2D eigenvalue weighted by Gasteiger charge is 2.34. The van der Waals surface area contributed by atoms with Gasteiger partial charge >= 0.3 is 0 Å². The second-order valence-corrected chi connectivity index (χ2v) is 6.17. The lowest BCUT2D eigenvalue weighted by Crippen LogP contribution is -2.28. The number of nitrogens with one attached hydrogen (secondary N) is 2. The molecule has 1 aliphatic heterocycles. The van der Waals surface area contributed by atoms with Gasteiger partial charge in [-0.3, -0.25) is 9.48 Å². The van der Waals surface area contributed by atoms with Crippen molar-refractivity contribution in [2.24, 2.45) is 13.0 Å². The van der Waals surface area contributed by atoms with Crippen LogP contribution in [-0.2, 0) is 11.8 Å². The van der Waals surface area contributed by atoms with E-state index in [1.165, 1.54) is 4.80 Å². The molecule has 4 rings (SSSR count). The van der Waals surface area contributed by atoms with Gasteiger partial charge in [0.2, 0.25) is 5.91 Å². The maximum absolute atomic E-state index is 12.7. The average Bonchev–Trinajstić information content (AvgIpc) is 3.36. The minimum atomic E-state index is -0.114. The van der Waals surface area contributed by atoms with E-state index in [0.717, 1.165) is 23.5 Å². The first-order valence-corrected chi connectivity index (χ1v) is 8.17. The maximum Gasteiger partial charge on any atom is 0.229 e. The van der Waals surface area contributed by atoms with Gasteiger partial charge in [0.05, 0.1) is 30.2 Å². The van der Waals surface area contributed by atoms with Crippen LogP contribution in [0.15, 0.2) is 49.1 Å². The van der Waals surface area contributed by atoms with Crippen LogP contribution in [0.5, 0.6) is 0 Å². The maximum atomic E-state index is 12.7. The van der Waals surface area contributed by atoms with Gasteiger partial charge in [0.1, 0.15) is 0 Å². The van der Waals surface area contributed by atoms with Crippen LogP contribution in [0, 0.1) is 5.92 Å². The van der Waals surface area contributed by atoms with Crippen LogP contribution in [-0.4, -0.2) is 43.8 Å². The molecule has 0 bridgehead atoms. The Morgan fingerprint density at radius 1 is 1.15 bits per heavy atom. The minimum absolute atomic E-state index is 0. The Morgan fingerprint density at radius 3 is 2.54 bits per heavy atom. The molecule has 2 N–H and O–H groups in total. The first-order valence-electron chi connectivity index (χ1n) is 8.17. The fourth-order valence-corrected chi connectivity index (χ4v) is 3.20. The molecule has 1 aliphatic rings. The number of hydrogen-bond acceptors (Lipinski definition) is 5. The van der Waals surface area contributed by atoms with Crippen molar-refractivity contribution >= 4 is 24.0 Å². The summed E-state index contributed by atoms with van der Waals surface area (Å²) in [5.74, 6) is 0.0433. The van der Waals surface area contributed by atoms with E-state index in [9.17, 15) is 4.79 Å². The van der Waals surface area contributed by atoms with E-state index in [2.05, 4.69) is 25.9 Å². The standard InChI is InChI=1S/C17H19N7O.ClH/c1-23-11-12(8-21-23)15-9-18-10-16(15)17(25)22-13-2-4-14(5-3-13)24-19-6-7-20-24;/h2-8,11,15-16,18H,9-10H2,1H3,(H,22,25);1H/t15-,16+;/m1./s1. The number of carbonyl (C=O) groups is 1. The second-order valence-electron chi connectivity index (χ2n) is 6.17. The van der Waals surface area contributed by atoms with Gasteiger partial charge in [0.15, 0.2) is 0 Å². The van der Waals surface area contributed by atoms with Crippen LogP contribution in [0.3, 0.4) is 0 Å². The van der Waals surface area contributed by atoms with Gasteiger partial charge in [-0.2, -0.15) is 20.1 Å². The molecule has 136 valence electrons. The summed E-state index contributed by atoms with van der Waals surface area (Å²) in [6, 6.07) is 7.47. The summed E-state index contributed by atoms with van der Waals surface area (Å²) in [6.45, 7) is 1.45. The van der Waals surface area contributed by atoms with Crippen molar-refractivity contribution in [3.05, 3.63) is 54.6 Å². The topological polar surface area (TPSA) is 89.7 Å². The Hall–Kier alpha value is -2.71. The molecule has 26 heavy (non-hydrogen) atoms. The van der Waals surface area contributed by atoms with Crippen molar-refractivity contribution in [2.75, 3.05) is 18.4 Å². The molecular weight excluding hydrogens is 354 g/mol. The van der Waals surface area contributed by atoms with Gasteiger partial charge in [0, 0.05) is 37.9 Å². The lowest BCUT2D eigenvalue weighted by molar-refractivity contribution is -0.119. The molecule has 9 heteroatoms.